The number of fused-ring (bicyclic) bond motifs is 2. The second-order valence-corrected chi connectivity index (χ2v) is 7.42. The van der Waals surface area contributed by atoms with Gasteiger partial charge in [-0.15, -0.1) is 0 Å². The van der Waals surface area contributed by atoms with Gasteiger partial charge in [0.05, 0.1) is 6.61 Å². The minimum absolute atomic E-state index is 0. The Hall–Kier alpha value is -3.43. The van der Waals surface area contributed by atoms with E-state index in [9.17, 15) is 5.11 Å². The van der Waals surface area contributed by atoms with Crippen LogP contribution < -0.4 is 4.74 Å². The van der Waals surface area contributed by atoms with Crippen LogP contribution in [0.3, 0.4) is 0 Å². The maximum atomic E-state index is 10.9. The smallest absolute Gasteiger partial charge is 0.127 e. The number of phenols is 1. The van der Waals surface area contributed by atoms with Crippen molar-refractivity contribution < 1.29 is 9.84 Å². The lowest BCUT2D eigenvalue weighted by Gasteiger charge is -2.17. The topological polar surface area (TPSA) is 29.5 Å². The van der Waals surface area contributed by atoms with Gasteiger partial charge in [0, 0.05) is 17.5 Å². The van der Waals surface area contributed by atoms with Crippen molar-refractivity contribution in [2.24, 2.45) is 0 Å². The zero-order valence-corrected chi connectivity index (χ0v) is 18.1. The highest BCUT2D eigenvalue weighted by atomic mass is 32.1. The first kappa shape index (κ1) is 20.8. The first-order valence-corrected chi connectivity index (χ1v) is 10.2. The summed E-state index contributed by atoms with van der Waals surface area (Å²) in [5.74, 6) is 1.05. The molecule has 0 spiro atoms. The fraction of sp³-hybridized carbons (Fsp3) is 0.0714. The number of hydrogen-bond acceptors (Lipinski definition) is 2. The Morgan fingerprint density at radius 2 is 1.16 bits per heavy atom. The Bertz CT molecular complexity index is 1330. The highest BCUT2D eigenvalue weighted by Gasteiger charge is 2.17. The third-order valence-electron chi connectivity index (χ3n) is 5.54. The van der Waals surface area contributed by atoms with Gasteiger partial charge in [-0.3, -0.25) is 0 Å². The monoisotopic (exact) mass is 424 g/mol. The maximum absolute atomic E-state index is 10.9. The van der Waals surface area contributed by atoms with Crippen molar-refractivity contribution in [3.63, 3.8) is 0 Å². The van der Waals surface area contributed by atoms with Crippen molar-refractivity contribution in [3.8, 4) is 22.6 Å². The molecule has 3 heteroatoms. The number of aromatic hydroxyl groups is 1. The van der Waals surface area contributed by atoms with Crippen molar-refractivity contribution in [3.05, 3.63) is 109 Å². The van der Waals surface area contributed by atoms with E-state index in [-0.39, 0.29) is 19.2 Å². The van der Waals surface area contributed by atoms with Gasteiger partial charge in [0.15, 0.2) is 0 Å². The molecule has 0 aliphatic heterocycles. The molecule has 0 radical (unpaired) electrons. The third-order valence-corrected chi connectivity index (χ3v) is 5.54. The van der Waals surface area contributed by atoms with E-state index in [0.717, 1.165) is 44.8 Å². The van der Waals surface area contributed by atoms with E-state index in [1.54, 1.807) is 6.07 Å². The Kier molecular flexibility index (Phi) is 6.15. The summed E-state index contributed by atoms with van der Waals surface area (Å²) in [6, 6.07) is 34.6. The molecule has 0 heterocycles. The summed E-state index contributed by atoms with van der Waals surface area (Å²) >= 11 is 0. The van der Waals surface area contributed by atoms with Gasteiger partial charge in [-0.25, -0.2) is 0 Å². The molecular weight excluding hydrogens is 400 g/mol. The highest BCUT2D eigenvalue weighted by Crippen LogP contribution is 2.44. The van der Waals surface area contributed by atoms with Gasteiger partial charge in [0.1, 0.15) is 11.5 Å². The van der Waals surface area contributed by atoms with Crippen molar-refractivity contribution in [2.75, 3.05) is 6.61 Å². The van der Waals surface area contributed by atoms with Crippen molar-refractivity contribution in [1.82, 2.24) is 0 Å². The first-order chi connectivity index (χ1) is 14.8. The van der Waals surface area contributed by atoms with Crippen LogP contribution >= 0.6 is 13.5 Å². The van der Waals surface area contributed by atoms with E-state index in [1.807, 2.05) is 54.6 Å². The van der Waals surface area contributed by atoms with Crippen LogP contribution in [0.1, 0.15) is 5.56 Å². The lowest BCUT2D eigenvalue weighted by molar-refractivity contribution is 0.323. The number of rotatable bonds is 5. The van der Waals surface area contributed by atoms with E-state index in [4.69, 9.17) is 4.74 Å². The van der Waals surface area contributed by atoms with Gasteiger partial charge < -0.3 is 9.84 Å². The molecule has 0 unspecified atom stereocenters. The van der Waals surface area contributed by atoms with Crippen LogP contribution in [0.15, 0.2) is 103 Å². The zero-order chi connectivity index (χ0) is 20.3. The molecule has 5 rings (SSSR count). The fourth-order valence-corrected chi connectivity index (χ4v) is 4.08. The lowest BCUT2D eigenvalue weighted by atomic mass is 9.92. The van der Waals surface area contributed by atoms with Gasteiger partial charge in [0.2, 0.25) is 0 Å². The Morgan fingerprint density at radius 1 is 0.581 bits per heavy atom. The molecule has 0 aliphatic rings. The Morgan fingerprint density at radius 3 is 1.87 bits per heavy atom. The number of hydrogen-bond donors (Lipinski definition) is 1. The molecule has 154 valence electrons. The summed E-state index contributed by atoms with van der Waals surface area (Å²) in [5, 5.41) is 15.2. The molecule has 0 amide bonds. The second-order valence-electron chi connectivity index (χ2n) is 7.42. The zero-order valence-electron chi connectivity index (χ0n) is 17.1. The van der Waals surface area contributed by atoms with Crippen LogP contribution in [-0.4, -0.2) is 11.7 Å². The van der Waals surface area contributed by atoms with E-state index in [1.165, 1.54) is 5.56 Å². The molecule has 5 aromatic carbocycles. The van der Waals surface area contributed by atoms with E-state index >= 15 is 0 Å². The Balaban J connectivity index is 0.00000231. The third kappa shape index (κ3) is 4.10. The molecule has 0 aliphatic carbocycles. The highest BCUT2D eigenvalue weighted by molar-refractivity contribution is 7.59. The normalized spacial score (nSPS) is 10.7. The second kappa shape index (κ2) is 9.15. The van der Waals surface area contributed by atoms with Crippen LogP contribution in [0.4, 0.5) is 0 Å². The standard InChI is InChI=1S/C28H22O2.H2S/c29-25-16-14-21-10-4-6-12-23(21)27(25)28-24-13-7-5-11-22(24)15-17-26(28)30-19-18-20-8-2-1-3-9-20;/h1-17,29H,18-19H2;1H2. The van der Waals surface area contributed by atoms with Gasteiger partial charge in [-0.2, -0.15) is 13.5 Å². The molecule has 0 atom stereocenters. The van der Waals surface area contributed by atoms with Gasteiger partial charge in [0.25, 0.3) is 0 Å². The van der Waals surface area contributed by atoms with Crippen LogP contribution in [0.25, 0.3) is 32.7 Å². The number of ether oxygens (including phenoxy) is 1. The van der Waals surface area contributed by atoms with Crippen molar-refractivity contribution >= 4 is 35.0 Å². The molecular formula is C28H24O2S. The van der Waals surface area contributed by atoms with Crippen LogP contribution in [0.2, 0.25) is 0 Å². The van der Waals surface area contributed by atoms with Crippen LogP contribution in [-0.2, 0) is 6.42 Å². The predicted molar refractivity (Wildman–Crippen MR) is 135 cm³/mol. The summed E-state index contributed by atoms with van der Waals surface area (Å²) in [6.07, 6.45) is 0.828. The quantitative estimate of drug-likeness (QED) is 0.326. The largest absolute Gasteiger partial charge is 0.507 e. The molecule has 31 heavy (non-hydrogen) atoms. The minimum atomic E-state index is 0. The molecule has 0 saturated heterocycles. The van der Waals surface area contributed by atoms with Crippen LogP contribution in [0, 0.1) is 0 Å². The number of phenolic OH excluding ortho intramolecular Hbond substituents is 1. The van der Waals surface area contributed by atoms with Crippen LogP contribution in [0.5, 0.6) is 11.5 Å². The van der Waals surface area contributed by atoms with Gasteiger partial charge in [-0.1, -0.05) is 91.0 Å². The van der Waals surface area contributed by atoms with Crippen molar-refractivity contribution in [2.45, 2.75) is 6.42 Å². The molecule has 0 aromatic heterocycles. The molecule has 0 saturated carbocycles. The summed E-state index contributed by atoms with van der Waals surface area (Å²) in [4.78, 5) is 0. The molecule has 0 bridgehead atoms. The molecule has 5 aromatic rings. The molecule has 2 nitrogen and oxygen atoms in total. The van der Waals surface area contributed by atoms with Gasteiger partial charge in [-0.05, 0) is 39.2 Å². The van der Waals surface area contributed by atoms with Crippen molar-refractivity contribution in [1.29, 1.82) is 0 Å². The fourth-order valence-electron chi connectivity index (χ4n) is 4.08. The first-order valence-electron chi connectivity index (χ1n) is 10.2. The minimum Gasteiger partial charge on any atom is -0.507 e. The van der Waals surface area contributed by atoms with E-state index < -0.39 is 0 Å². The summed E-state index contributed by atoms with van der Waals surface area (Å²) in [6.45, 7) is 0.570. The average molecular weight is 425 g/mol. The SMILES string of the molecule is Oc1ccc2ccccc2c1-c1c(OCCc2ccccc2)ccc2ccccc12.S. The Labute approximate surface area is 189 Å². The predicted octanol–water partition coefficient (Wildman–Crippen LogP) is 7.10. The molecule has 1 N–H and O–H groups in total. The lowest BCUT2D eigenvalue weighted by Crippen LogP contribution is -2.03. The maximum Gasteiger partial charge on any atom is 0.127 e. The summed E-state index contributed by atoms with van der Waals surface area (Å²) in [5.41, 5.74) is 3.00. The summed E-state index contributed by atoms with van der Waals surface area (Å²) < 4.78 is 6.30. The van der Waals surface area contributed by atoms with E-state index in [2.05, 4.69) is 42.5 Å². The average Bonchev–Trinajstić information content (AvgIpc) is 2.80. The van der Waals surface area contributed by atoms with Gasteiger partial charge >= 0.3 is 0 Å². The molecule has 0 fully saturated rings. The summed E-state index contributed by atoms with van der Waals surface area (Å²) in [7, 11) is 0. The number of benzene rings is 5. The van der Waals surface area contributed by atoms with E-state index in [0.29, 0.717) is 6.61 Å².